The fraction of sp³-hybridized carbons (Fsp3) is 0.667. The molecule has 3 amide bonds. The summed E-state index contributed by atoms with van der Waals surface area (Å²) < 4.78 is 14.6. The van der Waals surface area contributed by atoms with Crippen LogP contribution < -0.4 is 0 Å². The van der Waals surface area contributed by atoms with Crippen molar-refractivity contribution in [3.63, 3.8) is 0 Å². The van der Waals surface area contributed by atoms with Gasteiger partial charge in [-0.2, -0.15) is 10.0 Å². The van der Waals surface area contributed by atoms with E-state index in [0.717, 1.165) is 5.01 Å². The molecule has 0 unspecified atom stereocenters. The Bertz CT molecular complexity index is 611. The van der Waals surface area contributed by atoms with Gasteiger partial charge in [-0.3, -0.25) is 4.79 Å². The quantitative estimate of drug-likeness (QED) is 0.534. The molecule has 1 saturated heterocycles. The summed E-state index contributed by atoms with van der Waals surface area (Å²) in [6.45, 7) is 4.55. The highest BCUT2D eigenvalue weighted by molar-refractivity contribution is 5.99. The minimum absolute atomic E-state index is 0.329. The SMILES string of the molecule is COC(=O)[C@@H]1CCC=NN1C(=O)[C@H]1COC(=O)N1C(=O)OC(C)(C)C. The first kappa shape index (κ1) is 18.7. The van der Waals surface area contributed by atoms with Gasteiger partial charge in [0.1, 0.15) is 12.2 Å². The molecular weight excluding hydrogens is 334 g/mol. The molecule has 2 heterocycles. The predicted octanol–water partition coefficient (Wildman–Crippen LogP) is 0.892. The van der Waals surface area contributed by atoms with E-state index >= 15 is 0 Å². The number of hydrogen-bond donors (Lipinski definition) is 0. The second-order valence-electron chi connectivity index (χ2n) is 6.54. The summed E-state index contributed by atoms with van der Waals surface area (Å²) in [5.74, 6) is -1.35. The van der Waals surface area contributed by atoms with Crippen LogP contribution in [0.1, 0.15) is 33.6 Å². The molecule has 0 saturated carbocycles. The zero-order valence-electron chi connectivity index (χ0n) is 14.6. The summed E-state index contributed by atoms with van der Waals surface area (Å²) in [5, 5.41) is 4.86. The maximum absolute atomic E-state index is 12.8. The molecule has 10 heteroatoms. The zero-order valence-corrected chi connectivity index (χ0v) is 14.6. The smallest absolute Gasteiger partial charge is 0.420 e. The Balaban J connectivity index is 2.22. The first-order chi connectivity index (χ1) is 11.7. The molecule has 25 heavy (non-hydrogen) atoms. The average Bonchev–Trinajstić information content (AvgIpc) is 2.93. The summed E-state index contributed by atoms with van der Waals surface area (Å²) >= 11 is 0. The molecule has 0 spiro atoms. The molecule has 0 N–H and O–H groups in total. The first-order valence-corrected chi connectivity index (χ1v) is 7.78. The second-order valence-corrected chi connectivity index (χ2v) is 6.54. The predicted molar refractivity (Wildman–Crippen MR) is 83.6 cm³/mol. The molecule has 2 aliphatic heterocycles. The average molecular weight is 355 g/mol. The van der Waals surface area contributed by atoms with Gasteiger partial charge in [0.15, 0.2) is 12.1 Å². The molecule has 1 fully saturated rings. The molecule has 0 aromatic carbocycles. The normalized spacial score (nSPS) is 23.3. The van der Waals surface area contributed by atoms with Crippen molar-refractivity contribution in [2.45, 2.75) is 51.3 Å². The first-order valence-electron chi connectivity index (χ1n) is 7.78. The highest BCUT2D eigenvalue weighted by Gasteiger charge is 2.48. The summed E-state index contributed by atoms with van der Waals surface area (Å²) in [6, 6.07) is -2.18. The van der Waals surface area contributed by atoms with Gasteiger partial charge in [-0.15, -0.1) is 0 Å². The number of methoxy groups -OCH3 is 1. The van der Waals surface area contributed by atoms with Crippen molar-refractivity contribution in [2.75, 3.05) is 13.7 Å². The Morgan fingerprint density at radius 2 is 1.96 bits per heavy atom. The lowest BCUT2D eigenvalue weighted by molar-refractivity contribution is -0.155. The van der Waals surface area contributed by atoms with Gasteiger partial charge in [-0.05, 0) is 33.6 Å². The second kappa shape index (κ2) is 7.08. The number of hydrogen-bond acceptors (Lipinski definition) is 8. The Morgan fingerprint density at radius 3 is 2.56 bits per heavy atom. The fourth-order valence-electron chi connectivity index (χ4n) is 2.41. The summed E-state index contributed by atoms with van der Waals surface area (Å²) in [4.78, 5) is 49.4. The van der Waals surface area contributed by atoms with Gasteiger partial charge in [-0.25, -0.2) is 19.4 Å². The van der Waals surface area contributed by atoms with E-state index in [2.05, 4.69) is 9.84 Å². The minimum Gasteiger partial charge on any atom is -0.467 e. The number of cyclic esters (lactones) is 1. The van der Waals surface area contributed by atoms with Crippen LogP contribution in [0, 0.1) is 0 Å². The standard InChI is InChI=1S/C15H21N3O7/c1-15(2,3)25-14(22)17-10(8-24-13(17)21)11(19)18-9(12(20)23-4)6-5-7-16-18/h7,9-10H,5-6,8H2,1-4H3/t9-,10+/m0/s1. The highest BCUT2D eigenvalue weighted by Crippen LogP contribution is 2.23. The van der Waals surface area contributed by atoms with Crippen molar-refractivity contribution in [2.24, 2.45) is 5.10 Å². The van der Waals surface area contributed by atoms with Gasteiger partial charge in [0.2, 0.25) is 0 Å². The lowest BCUT2D eigenvalue weighted by atomic mass is 10.1. The molecule has 2 atom stereocenters. The van der Waals surface area contributed by atoms with E-state index in [4.69, 9.17) is 9.47 Å². The molecular formula is C15H21N3O7. The van der Waals surface area contributed by atoms with Crippen molar-refractivity contribution >= 4 is 30.3 Å². The van der Waals surface area contributed by atoms with E-state index in [1.165, 1.54) is 13.3 Å². The lowest BCUT2D eigenvalue weighted by Crippen LogP contribution is -2.54. The molecule has 0 aromatic rings. The Hall–Kier alpha value is -2.65. The van der Waals surface area contributed by atoms with Crippen molar-refractivity contribution in [3.8, 4) is 0 Å². The van der Waals surface area contributed by atoms with E-state index in [9.17, 15) is 19.2 Å². The molecule has 10 nitrogen and oxygen atoms in total. The van der Waals surface area contributed by atoms with Crippen LogP contribution in [0.4, 0.5) is 9.59 Å². The Labute approximate surface area is 144 Å². The van der Waals surface area contributed by atoms with E-state index < -0.39 is 41.7 Å². The van der Waals surface area contributed by atoms with Crippen LogP contribution in [0.25, 0.3) is 0 Å². The number of imide groups is 1. The van der Waals surface area contributed by atoms with E-state index in [1.807, 2.05) is 0 Å². The number of carbonyl (C=O) groups is 4. The third kappa shape index (κ3) is 4.06. The molecule has 0 aromatic heterocycles. The van der Waals surface area contributed by atoms with Gasteiger partial charge in [0.05, 0.1) is 7.11 Å². The number of amides is 3. The van der Waals surface area contributed by atoms with Crippen LogP contribution in [0.2, 0.25) is 0 Å². The van der Waals surface area contributed by atoms with Crippen LogP contribution in [-0.4, -0.2) is 71.6 Å². The molecule has 2 aliphatic rings. The molecule has 0 radical (unpaired) electrons. The Morgan fingerprint density at radius 1 is 1.28 bits per heavy atom. The van der Waals surface area contributed by atoms with E-state index in [1.54, 1.807) is 20.8 Å². The van der Waals surface area contributed by atoms with Crippen LogP contribution >= 0.6 is 0 Å². The number of ether oxygens (including phenoxy) is 3. The van der Waals surface area contributed by atoms with Gasteiger partial charge in [0.25, 0.3) is 5.91 Å². The minimum atomic E-state index is -1.26. The lowest BCUT2D eigenvalue weighted by Gasteiger charge is -2.31. The topological polar surface area (TPSA) is 115 Å². The Kier molecular flexibility index (Phi) is 5.29. The maximum atomic E-state index is 12.8. The van der Waals surface area contributed by atoms with Crippen molar-refractivity contribution in [1.29, 1.82) is 0 Å². The van der Waals surface area contributed by atoms with E-state index in [0.29, 0.717) is 17.7 Å². The number of nitrogens with zero attached hydrogens (tertiary/aromatic N) is 3. The van der Waals surface area contributed by atoms with E-state index in [-0.39, 0.29) is 6.61 Å². The van der Waals surface area contributed by atoms with Gasteiger partial charge in [0, 0.05) is 6.21 Å². The summed E-state index contributed by atoms with van der Waals surface area (Å²) in [7, 11) is 1.21. The summed E-state index contributed by atoms with van der Waals surface area (Å²) in [5.41, 5.74) is -0.856. The number of hydrazone groups is 1. The largest absolute Gasteiger partial charge is 0.467 e. The van der Waals surface area contributed by atoms with Crippen molar-refractivity contribution in [3.05, 3.63) is 0 Å². The molecule has 2 rings (SSSR count). The van der Waals surface area contributed by atoms with Crippen LogP contribution in [0.5, 0.6) is 0 Å². The van der Waals surface area contributed by atoms with Gasteiger partial charge < -0.3 is 14.2 Å². The zero-order chi connectivity index (χ0) is 18.8. The monoisotopic (exact) mass is 355 g/mol. The highest BCUT2D eigenvalue weighted by atomic mass is 16.6. The number of esters is 1. The molecule has 138 valence electrons. The van der Waals surface area contributed by atoms with Crippen molar-refractivity contribution < 1.29 is 33.4 Å². The van der Waals surface area contributed by atoms with Gasteiger partial charge >= 0.3 is 18.2 Å². The summed E-state index contributed by atoms with van der Waals surface area (Å²) in [6.07, 6.45) is 0.328. The van der Waals surface area contributed by atoms with Crippen LogP contribution in [-0.2, 0) is 23.8 Å². The third-order valence-corrected chi connectivity index (χ3v) is 3.52. The van der Waals surface area contributed by atoms with Crippen LogP contribution in [0.3, 0.4) is 0 Å². The van der Waals surface area contributed by atoms with Crippen molar-refractivity contribution in [1.82, 2.24) is 9.91 Å². The fourth-order valence-corrected chi connectivity index (χ4v) is 2.41. The van der Waals surface area contributed by atoms with Crippen LogP contribution in [0.15, 0.2) is 5.10 Å². The van der Waals surface area contributed by atoms with Gasteiger partial charge in [-0.1, -0.05) is 0 Å². The number of rotatable bonds is 2. The molecule has 0 bridgehead atoms. The maximum Gasteiger partial charge on any atom is 0.420 e. The number of carbonyl (C=O) groups excluding carboxylic acids is 4. The third-order valence-electron chi connectivity index (χ3n) is 3.52. The molecule has 0 aliphatic carbocycles.